The van der Waals surface area contributed by atoms with E-state index in [1.165, 1.54) is 0 Å². The van der Waals surface area contributed by atoms with E-state index in [9.17, 15) is 4.79 Å². The van der Waals surface area contributed by atoms with Crippen molar-refractivity contribution in [1.82, 2.24) is 20.5 Å². The summed E-state index contributed by atoms with van der Waals surface area (Å²) in [5.74, 6) is 0.576. The van der Waals surface area contributed by atoms with Crippen LogP contribution in [0.1, 0.15) is 20.8 Å². The maximum atomic E-state index is 11.7. The number of hydrogen-bond donors (Lipinski definition) is 3. The summed E-state index contributed by atoms with van der Waals surface area (Å²) < 4.78 is 2.08. The Morgan fingerprint density at radius 3 is 2.33 bits per heavy atom. The lowest BCUT2D eigenvalue weighted by Crippen LogP contribution is -2.48. The first-order chi connectivity index (χ1) is 9.40. The van der Waals surface area contributed by atoms with Crippen LogP contribution in [0.15, 0.2) is 29.5 Å². The van der Waals surface area contributed by atoms with Crippen LogP contribution in [-0.4, -0.2) is 42.1 Å². The molecule has 1 aromatic rings. The topological polar surface area (TPSA) is 70.5 Å². The van der Waals surface area contributed by atoms with Crippen LogP contribution < -0.4 is 16.0 Å². The summed E-state index contributed by atoms with van der Waals surface area (Å²) in [6.45, 7) is 7.66. The summed E-state index contributed by atoms with van der Waals surface area (Å²) in [5.41, 5.74) is -0.218. The number of guanidine groups is 1. The van der Waals surface area contributed by atoms with Crippen molar-refractivity contribution in [2.75, 3.05) is 20.1 Å². The minimum Gasteiger partial charge on any atom is -0.355 e. The number of carbonyl (C=O) groups excluding carboxylic acids is 1. The zero-order valence-electron chi connectivity index (χ0n) is 13.1. The quantitative estimate of drug-likeness (QED) is 0.390. The molecule has 1 rings (SSSR count). The summed E-state index contributed by atoms with van der Waals surface area (Å²) >= 11 is 0. The van der Waals surface area contributed by atoms with Crippen molar-refractivity contribution < 1.29 is 4.79 Å². The van der Waals surface area contributed by atoms with Gasteiger partial charge in [0.1, 0.15) is 0 Å². The van der Waals surface area contributed by atoms with Crippen LogP contribution in [0.2, 0.25) is 0 Å². The Bertz CT molecular complexity index is 437. The van der Waals surface area contributed by atoms with E-state index in [2.05, 4.69) is 25.5 Å². The molecule has 7 heteroatoms. The molecular formula is C14H26IN5O. The number of amides is 1. The lowest BCUT2D eigenvalue weighted by atomic mass is 10.1. The van der Waals surface area contributed by atoms with Gasteiger partial charge in [0.2, 0.25) is 5.91 Å². The number of carbonyl (C=O) groups is 1. The highest BCUT2D eigenvalue weighted by molar-refractivity contribution is 14.0. The third-order valence-electron chi connectivity index (χ3n) is 2.48. The Hall–Kier alpha value is -1.25. The smallest absolute Gasteiger partial charge is 0.239 e. The van der Waals surface area contributed by atoms with Crippen molar-refractivity contribution in [1.29, 1.82) is 0 Å². The molecule has 1 heterocycles. The number of nitrogens with zero attached hydrogens (tertiary/aromatic N) is 2. The number of rotatable bonds is 5. The molecule has 0 aliphatic rings. The van der Waals surface area contributed by atoms with Gasteiger partial charge in [0.05, 0.1) is 6.54 Å². The number of aliphatic imine (C=N–C) groups is 1. The van der Waals surface area contributed by atoms with E-state index in [-0.39, 0.29) is 42.0 Å². The molecule has 0 saturated heterocycles. The zero-order chi connectivity index (χ0) is 15.0. The highest BCUT2D eigenvalue weighted by Gasteiger charge is 2.13. The molecule has 0 fully saturated rings. The largest absolute Gasteiger partial charge is 0.355 e. The molecule has 0 unspecified atom stereocenters. The van der Waals surface area contributed by atoms with Gasteiger partial charge in [-0.1, -0.05) is 0 Å². The highest BCUT2D eigenvalue weighted by atomic mass is 127. The van der Waals surface area contributed by atoms with Crippen molar-refractivity contribution in [2.24, 2.45) is 4.99 Å². The minimum absolute atomic E-state index is 0. The Kier molecular flexibility index (Phi) is 9.07. The minimum atomic E-state index is -0.218. The Labute approximate surface area is 143 Å². The van der Waals surface area contributed by atoms with Gasteiger partial charge in [-0.25, -0.2) is 0 Å². The summed E-state index contributed by atoms with van der Waals surface area (Å²) in [5, 5.41) is 9.04. The van der Waals surface area contributed by atoms with Crippen LogP contribution in [0.4, 0.5) is 0 Å². The van der Waals surface area contributed by atoms with E-state index in [1.54, 1.807) is 7.05 Å². The van der Waals surface area contributed by atoms with Gasteiger partial charge in [-0.3, -0.25) is 9.79 Å². The standard InChI is InChI=1S/C14H25N5O.HI/c1-14(2,3)18-12(20)11-17-13(15-4)16-7-10-19-8-5-6-9-19;/h5-6,8-9H,7,10-11H2,1-4H3,(H,18,20)(H2,15,16,17);1H. The fraction of sp³-hybridized carbons (Fsp3) is 0.571. The molecule has 0 aromatic carbocycles. The first-order valence-electron chi connectivity index (χ1n) is 6.77. The second kappa shape index (κ2) is 9.64. The average Bonchev–Trinajstić information content (AvgIpc) is 2.84. The molecular weight excluding hydrogens is 381 g/mol. The maximum Gasteiger partial charge on any atom is 0.239 e. The van der Waals surface area contributed by atoms with Crippen LogP contribution in [0, 0.1) is 0 Å². The van der Waals surface area contributed by atoms with Crippen molar-refractivity contribution in [3.05, 3.63) is 24.5 Å². The molecule has 0 spiro atoms. The van der Waals surface area contributed by atoms with Gasteiger partial charge in [0.15, 0.2) is 5.96 Å². The second-order valence-electron chi connectivity index (χ2n) is 5.57. The van der Waals surface area contributed by atoms with Gasteiger partial charge < -0.3 is 20.5 Å². The van der Waals surface area contributed by atoms with Crippen molar-refractivity contribution in [3.63, 3.8) is 0 Å². The molecule has 0 bridgehead atoms. The number of hydrogen-bond acceptors (Lipinski definition) is 2. The van der Waals surface area contributed by atoms with Gasteiger partial charge in [0.25, 0.3) is 0 Å². The fourth-order valence-corrected chi connectivity index (χ4v) is 1.67. The zero-order valence-corrected chi connectivity index (χ0v) is 15.5. The monoisotopic (exact) mass is 407 g/mol. The summed E-state index contributed by atoms with van der Waals surface area (Å²) in [6, 6.07) is 3.98. The predicted octanol–water partition coefficient (Wildman–Crippen LogP) is 1.19. The van der Waals surface area contributed by atoms with E-state index in [4.69, 9.17) is 0 Å². The van der Waals surface area contributed by atoms with E-state index in [0.29, 0.717) is 5.96 Å². The van der Waals surface area contributed by atoms with Gasteiger partial charge >= 0.3 is 0 Å². The third-order valence-corrected chi connectivity index (χ3v) is 2.48. The molecule has 0 atom stereocenters. The van der Waals surface area contributed by atoms with Crippen LogP contribution in [0.25, 0.3) is 0 Å². The van der Waals surface area contributed by atoms with Gasteiger partial charge in [-0.15, -0.1) is 24.0 Å². The van der Waals surface area contributed by atoms with E-state index in [0.717, 1.165) is 13.1 Å². The molecule has 21 heavy (non-hydrogen) atoms. The Balaban J connectivity index is 0.00000400. The normalized spacial score (nSPS) is 11.5. The Morgan fingerprint density at radius 1 is 1.19 bits per heavy atom. The third kappa shape index (κ3) is 9.33. The van der Waals surface area contributed by atoms with Crippen LogP contribution in [-0.2, 0) is 11.3 Å². The van der Waals surface area contributed by atoms with Crippen molar-refractivity contribution in [3.8, 4) is 0 Å². The first-order valence-corrected chi connectivity index (χ1v) is 6.77. The predicted molar refractivity (Wildman–Crippen MR) is 97.1 cm³/mol. The first kappa shape index (κ1) is 19.8. The summed E-state index contributed by atoms with van der Waals surface area (Å²) in [6.07, 6.45) is 4.02. The number of aromatic nitrogens is 1. The van der Waals surface area contributed by atoms with Gasteiger partial charge in [-0.05, 0) is 32.9 Å². The summed E-state index contributed by atoms with van der Waals surface area (Å²) in [7, 11) is 1.69. The van der Waals surface area contributed by atoms with Crippen LogP contribution in [0.5, 0.6) is 0 Å². The number of nitrogens with one attached hydrogen (secondary N) is 3. The van der Waals surface area contributed by atoms with E-state index >= 15 is 0 Å². The average molecular weight is 407 g/mol. The lowest BCUT2D eigenvalue weighted by molar-refractivity contribution is -0.121. The second-order valence-corrected chi connectivity index (χ2v) is 5.57. The molecule has 0 saturated carbocycles. The molecule has 120 valence electrons. The van der Waals surface area contributed by atoms with Gasteiger partial charge in [-0.2, -0.15) is 0 Å². The van der Waals surface area contributed by atoms with E-state index in [1.807, 2.05) is 45.3 Å². The molecule has 0 aliphatic carbocycles. The fourth-order valence-electron chi connectivity index (χ4n) is 1.67. The van der Waals surface area contributed by atoms with E-state index < -0.39 is 0 Å². The highest BCUT2D eigenvalue weighted by Crippen LogP contribution is 1.97. The molecule has 3 N–H and O–H groups in total. The van der Waals surface area contributed by atoms with Crippen molar-refractivity contribution in [2.45, 2.75) is 32.9 Å². The Morgan fingerprint density at radius 2 is 1.81 bits per heavy atom. The molecule has 1 amide bonds. The van der Waals surface area contributed by atoms with Crippen LogP contribution in [0.3, 0.4) is 0 Å². The lowest BCUT2D eigenvalue weighted by Gasteiger charge is -2.21. The molecule has 0 aliphatic heterocycles. The molecule has 1 aromatic heterocycles. The maximum absolute atomic E-state index is 11.7. The summed E-state index contributed by atoms with van der Waals surface area (Å²) in [4.78, 5) is 15.8. The van der Waals surface area contributed by atoms with Crippen LogP contribution >= 0.6 is 24.0 Å². The van der Waals surface area contributed by atoms with Gasteiger partial charge in [0, 0.05) is 38.1 Å². The van der Waals surface area contributed by atoms with Crippen molar-refractivity contribution >= 4 is 35.8 Å². The molecule has 6 nitrogen and oxygen atoms in total. The molecule has 0 radical (unpaired) electrons. The number of halogens is 1. The SMILES string of the molecule is CN=C(NCCn1cccc1)NCC(=O)NC(C)(C)C.I.